The van der Waals surface area contributed by atoms with Crippen molar-refractivity contribution in [2.45, 2.75) is 77.6 Å². The molecule has 0 aromatic carbocycles. The largest absolute Gasteiger partial charge is 1.00 e. The van der Waals surface area contributed by atoms with Gasteiger partial charge in [-0.25, -0.2) is 0 Å². The van der Waals surface area contributed by atoms with E-state index < -0.39 is 0 Å². The molecule has 0 aromatic rings. The third-order valence-corrected chi connectivity index (χ3v) is 4.57. The van der Waals surface area contributed by atoms with Gasteiger partial charge in [-0.2, -0.15) is 0 Å². The molecule has 0 saturated heterocycles. The number of quaternary nitrogens is 1. The van der Waals surface area contributed by atoms with Crippen molar-refractivity contribution in [3.63, 3.8) is 0 Å². The van der Waals surface area contributed by atoms with Crippen LogP contribution in [0.5, 0.6) is 0 Å². The van der Waals surface area contributed by atoms with Gasteiger partial charge in [0.2, 0.25) is 0 Å². The van der Waals surface area contributed by atoms with Crippen molar-refractivity contribution in [1.29, 1.82) is 0 Å². The summed E-state index contributed by atoms with van der Waals surface area (Å²) < 4.78 is 1.20. The number of halogens is 2. The summed E-state index contributed by atoms with van der Waals surface area (Å²) in [6, 6.07) is 0. The fourth-order valence-electron chi connectivity index (χ4n) is 2.63. The molecule has 0 unspecified atom stereocenters. The van der Waals surface area contributed by atoms with E-state index in [1.54, 1.807) is 0 Å². The molecule has 3 heteroatoms. The molecule has 0 amide bonds. The molecule has 0 N–H and O–H groups in total. The molecular formula is C17H37Br2N. The summed E-state index contributed by atoms with van der Waals surface area (Å²) in [5.74, 6) is 0. The van der Waals surface area contributed by atoms with E-state index in [0.717, 1.165) is 5.33 Å². The van der Waals surface area contributed by atoms with Crippen LogP contribution in [0.3, 0.4) is 0 Å². The number of hydrogen-bond acceptors (Lipinski definition) is 0. The highest BCUT2D eigenvalue weighted by molar-refractivity contribution is 9.09. The van der Waals surface area contributed by atoms with Crippen molar-refractivity contribution in [3.05, 3.63) is 0 Å². The number of alkyl halides is 1. The van der Waals surface area contributed by atoms with E-state index in [0.29, 0.717) is 0 Å². The van der Waals surface area contributed by atoms with Crippen LogP contribution in [-0.4, -0.2) is 37.0 Å². The van der Waals surface area contributed by atoms with Gasteiger partial charge in [0.1, 0.15) is 0 Å². The van der Waals surface area contributed by atoms with E-state index in [4.69, 9.17) is 0 Å². The highest BCUT2D eigenvalue weighted by atomic mass is 79.9. The molecule has 0 aromatic heterocycles. The van der Waals surface area contributed by atoms with Crippen LogP contribution in [0.25, 0.3) is 0 Å². The maximum atomic E-state index is 3.52. The Bertz CT molecular complexity index is 184. The molecule has 20 heavy (non-hydrogen) atoms. The molecule has 0 atom stereocenters. The first-order valence-electron chi connectivity index (χ1n) is 8.50. The van der Waals surface area contributed by atoms with Gasteiger partial charge >= 0.3 is 0 Å². The lowest BCUT2D eigenvalue weighted by Gasteiger charge is -2.29. The summed E-state index contributed by atoms with van der Waals surface area (Å²) in [5.41, 5.74) is 0. The Morgan fingerprint density at radius 2 is 1.05 bits per heavy atom. The normalized spacial score (nSPS) is 11.4. The molecule has 0 saturated carbocycles. The molecule has 0 rings (SSSR count). The number of nitrogens with zero attached hydrogens (tertiary/aromatic N) is 1. The Morgan fingerprint density at radius 1 is 0.650 bits per heavy atom. The summed E-state index contributed by atoms with van der Waals surface area (Å²) in [6.07, 6.45) is 15.7. The predicted octanol–water partition coefficient (Wildman–Crippen LogP) is 2.77. The van der Waals surface area contributed by atoms with Gasteiger partial charge in [-0.15, -0.1) is 0 Å². The van der Waals surface area contributed by atoms with E-state index in [1.807, 2.05) is 0 Å². The third kappa shape index (κ3) is 17.0. The first kappa shape index (κ1) is 23.2. The highest BCUT2D eigenvalue weighted by Crippen LogP contribution is 2.12. The summed E-state index contributed by atoms with van der Waals surface area (Å²) >= 11 is 3.52. The summed E-state index contributed by atoms with van der Waals surface area (Å²) in [4.78, 5) is 0. The van der Waals surface area contributed by atoms with Crippen LogP contribution in [0.1, 0.15) is 77.6 Å². The lowest BCUT2D eigenvalue weighted by atomic mass is 10.1. The van der Waals surface area contributed by atoms with E-state index in [2.05, 4.69) is 36.9 Å². The minimum Gasteiger partial charge on any atom is -1.00 e. The second kappa shape index (κ2) is 16.3. The molecule has 0 aliphatic carbocycles. The fourth-order valence-corrected chi connectivity index (χ4v) is 2.88. The highest BCUT2D eigenvalue weighted by Gasteiger charge is 2.12. The fraction of sp³-hybridized carbons (Fsp3) is 1.00. The maximum absolute atomic E-state index is 3.52. The van der Waals surface area contributed by atoms with Gasteiger partial charge in [-0.3, -0.25) is 0 Å². The van der Waals surface area contributed by atoms with E-state index in [1.165, 1.54) is 88.2 Å². The molecule has 0 radical (unpaired) electrons. The van der Waals surface area contributed by atoms with Gasteiger partial charge in [0, 0.05) is 11.8 Å². The first-order chi connectivity index (χ1) is 9.12. The molecular weight excluding hydrogens is 378 g/mol. The molecule has 0 aliphatic rings. The Kier molecular flexibility index (Phi) is 18.9. The Morgan fingerprint density at radius 3 is 1.50 bits per heavy atom. The van der Waals surface area contributed by atoms with Crippen molar-refractivity contribution >= 4 is 15.9 Å². The summed E-state index contributed by atoms with van der Waals surface area (Å²) in [5, 5.41) is 1.15. The zero-order chi connectivity index (χ0) is 14.4. The number of hydrogen-bond donors (Lipinski definition) is 0. The Balaban J connectivity index is 0. The monoisotopic (exact) mass is 413 g/mol. The molecule has 1 nitrogen and oxygen atoms in total. The number of rotatable bonds is 14. The topological polar surface area (TPSA) is 0 Å². The van der Waals surface area contributed by atoms with Crippen molar-refractivity contribution < 1.29 is 21.5 Å². The first-order valence-corrected chi connectivity index (χ1v) is 9.62. The van der Waals surface area contributed by atoms with Crippen LogP contribution >= 0.6 is 15.9 Å². The van der Waals surface area contributed by atoms with Gasteiger partial charge in [0.25, 0.3) is 0 Å². The van der Waals surface area contributed by atoms with Crippen molar-refractivity contribution in [2.75, 3.05) is 32.5 Å². The lowest BCUT2D eigenvalue weighted by molar-refractivity contribution is -0.890. The van der Waals surface area contributed by atoms with E-state index >= 15 is 0 Å². The second-order valence-corrected chi connectivity index (χ2v) is 7.40. The second-order valence-electron chi connectivity index (χ2n) is 6.61. The van der Waals surface area contributed by atoms with Crippen LogP contribution in [-0.2, 0) is 0 Å². The molecule has 0 fully saturated rings. The van der Waals surface area contributed by atoms with Crippen LogP contribution in [0.2, 0.25) is 0 Å². The maximum Gasteiger partial charge on any atom is 0.0790 e. The summed E-state index contributed by atoms with van der Waals surface area (Å²) in [7, 11) is 4.74. The van der Waals surface area contributed by atoms with Crippen LogP contribution < -0.4 is 17.0 Å². The minimum absolute atomic E-state index is 0. The van der Waals surface area contributed by atoms with Crippen molar-refractivity contribution in [1.82, 2.24) is 0 Å². The van der Waals surface area contributed by atoms with Gasteiger partial charge in [0.05, 0.1) is 27.2 Å². The molecule has 124 valence electrons. The van der Waals surface area contributed by atoms with Crippen molar-refractivity contribution in [3.8, 4) is 0 Å². The van der Waals surface area contributed by atoms with Gasteiger partial charge in [-0.05, 0) is 12.8 Å². The smallest absolute Gasteiger partial charge is 0.0790 e. The third-order valence-electron chi connectivity index (χ3n) is 4.01. The predicted molar refractivity (Wildman–Crippen MR) is 92.1 cm³/mol. The summed E-state index contributed by atoms with van der Waals surface area (Å²) in [6.45, 7) is 4.95. The van der Waals surface area contributed by atoms with E-state index in [-0.39, 0.29) is 17.0 Å². The van der Waals surface area contributed by atoms with Crippen molar-refractivity contribution in [2.24, 2.45) is 0 Å². The standard InChI is InChI=1S/C17H37BrN.BrH/c1-4-5-6-7-8-9-10-11-12-13-16-19(2,3)17-14-15-18;/h4-17H2,1-3H3;1H/q+1;/p-1. The Labute approximate surface area is 147 Å². The van der Waals surface area contributed by atoms with Crippen LogP contribution in [0.15, 0.2) is 0 Å². The van der Waals surface area contributed by atoms with Crippen LogP contribution in [0, 0.1) is 0 Å². The van der Waals surface area contributed by atoms with Crippen LogP contribution in [0.4, 0.5) is 0 Å². The quantitative estimate of drug-likeness (QED) is 0.233. The van der Waals surface area contributed by atoms with Gasteiger partial charge in [-0.1, -0.05) is 74.2 Å². The van der Waals surface area contributed by atoms with Gasteiger partial charge < -0.3 is 21.5 Å². The van der Waals surface area contributed by atoms with E-state index in [9.17, 15) is 0 Å². The van der Waals surface area contributed by atoms with Gasteiger partial charge in [0.15, 0.2) is 0 Å². The Hall–Kier alpha value is 0.920. The molecule has 0 heterocycles. The SMILES string of the molecule is CCCCCCCCCCCC[N+](C)(C)CCCBr.[Br-]. The number of unbranched alkanes of at least 4 members (excludes halogenated alkanes) is 9. The lowest BCUT2D eigenvalue weighted by Crippen LogP contribution is -3.00. The molecule has 0 spiro atoms. The zero-order valence-corrected chi connectivity index (χ0v) is 17.3. The molecule has 0 bridgehead atoms. The molecule has 0 aliphatic heterocycles. The minimum atomic E-state index is 0. The average Bonchev–Trinajstić information content (AvgIpc) is 2.38. The zero-order valence-electron chi connectivity index (χ0n) is 14.1. The average molecular weight is 415 g/mol.